The first kappa shape index (κ1) is 15.3. The van der Waals surface area contributed by atoms with Crippen LogP contribution in [0.15, 0.2) is 18.2 Å². The minimum absolute atomic E-state index is 0.357. The Labute approximate surface area is 125 Å². The van der Waals surface area contributed by atoms with Crippen molar-refractivity contribution in [2.75, 3.05) is 13.2 Å². The van der Waals surface area contributed by atoms with Crippen LogP contribution in [-0.4, -0.2) is 23.2 Å². The third-order valence-electron chi connectivity index (χ3n) is 3.52. The van der Waals surface area contributed by atoms with Gasteiger partial charge in [-0.3, -0.25) is 0 Å². The molecule has 1 aromatic heterocycles. The predicted octanol–water partition coefficient (Wildman–Crippen LogP) is 3.65. The first-order valence-electron chi connectivity index (χ1n) is 7.08. The van der Waals surface area contributed by atoms with Crippen LogP contribution in [0.2, 0.25) is 5.15 Å². The molecular formula is C15H21ClN2O2. The number of halogens is 1. The van der Waals surface area contributed by atoms with Gasteiger partial charge in [0, 0.05) is 12.7 Å². The molecule has 0 radical (unpaired) electrons. The van der Waals surface area contributed by atoms with Crippen LogP contribution >= 0.6 is 11.6 Å². The van der Waals surface area contributed by atoms with Crippen molar-refractivity contribution in [1.29, 1.82) is 0 Å². The minimum atomic E-state index is 0.357. The van der Waals surface area contributed by atoms with Crippen molar-refractivity contribution in [3.05, 3.63) is 29.2 Å². The van der Waals surface area contributed by atoms with E-state index in [9.17, 15) is 0 Å². The van der Waals surface area contributed by atoms with Gasteiger partial charge in [-0.05, 0) is 31.6 Å². The van der Waals surface area contributed by atoms with Crippen molar-refractivity contribution >= 4 is 11.6 Å². The fraction of sp³-hybridized carbons (Fsp3) is 0.600. The summed E-state index contributed by atoms with van der Waals surface area (Å²) >= 11 is 5.98. The number of rotatable bonds is 6. The van der Waals surface area contributed by atoms with E-state index in [1.54, 1.807) is 6.07 Å². The number of hydrogen-bond donors (Lipinski definition) is 0. The lowest BCUT2D eigenvalue weighted by molar-refractivity contribution is 0.126. The summed E-state index contributed by atoms with van der Waals surface area (Å²) in [5.74, 6) is 2.26. The molecule has 0 bridgehead atoms. The molecule has 5 heteroatoms. The molecule has 2 rings (SSSR count). The van der Waals surface area contributed by atoms with Crippen LogP contribution in [0.3, 0.4) is 0 Å². The molecule has 0 fully saturated rings. The van der Waals surface area contributed by atoms with Gasteiger partial charge in [0.05, 0.1) is 6.61 Å². The van der Waals surface area contributed by atoms with E-state index in [4.69, 9.17) is 21.1 Å². The summed E-state index contributed by atoms with van der Waals surface area (Å²) in [5, 5.41) is 0.390. The zero-order chi connectivity index (χ0) is 14.4. The summed E-state index contributed by atoms with van der Waals surface area (Å²) in [4.78, 5) is 8.44. The maximum Gasteiger partial charge on any atom is 0.218 e. The summed E-state index contributed by atoms with van der Waals surface area (Å²) < 4.78 is 11.1. The van der Waals surface area contributed by atoms with E-state index in [0.29, 0.717) is 48.5 Å². The molecule has 0 N–H and O–H groups in total. The fourth-order valence-electron chi connectivity index (χ4n) is 2.21. The fourth-order valence-corrected chi connectivity index (χ4v) is 2.40. The molecule has 0 amide bonds. The molecule has 0 spiro atoms. The Balaban J connectivity index is 1.94. The van der Waals surface area contributed by atoms with Crippen LogP contribution in [0.25, 0.3) is 0 Å². The summed E-state index contributed by atoms with van der Waals surface area (Å²) in [7, 11) is 0. The lowest BCUT2D eigenvalue weighted by Gasteiger charge is -2.24. The first-order valence-corrected chi connectivity index (χ1v) is 7.45. The second kappa shape index (κ2) is 7.60. The van der Waals surface area contributed by atoms with Crippen molar-refractivity contribution < 1.29 is 9.47 Å². The molecule has 1 aliphatic carbocycles. The topological polar surface area (TPSA) is 44.2 Å². The van der Waals surface area contributed by atoms with E-state index in [1.807, 2.05) is 6.92 Å². The normalized spacial score (nSPS) is 21.9. The Hall–Kier alpha value is -1.13. The van der Waals surface area contributed by atoms with Gasteiger partial charge < -0.3 is 9.47 Å². The minimum Gasteiger partial charge on any atom is -0.477 e. The largest absolute Gasteiger partial charge is 0.477 e. The average Bonchev–Trinajstić information content (AvgIpc) is 2.44. The van der Waals surface area contributed by atoms with Crippen molar-refractivity contribution in [3.8, 4) is 5.88 Å². The molecule has 2 unspecified atom stereocenters. The van der Waals surface area contributed by atoms with Crippen LogP contribution in [0.5, 0.6) is 5.88 Å². The van der Waals surface area contributed by atoms with Gasteiger partial charge >= 0.3 is 0 Å². The zero-order valence-corrected chi connectivity index (χ0v) is 12.8. The monoisotopic (exact) mass is 296 g/mol. The van der Waals surface area contributed by atoms with E-state index in [0.717, 1.165) is 12.8 Å². The maximum atomic E-state index is 5.98. The molecule has 20 heavy (non-hydrogen) atoms. The van der Waals surface area contributed by atoms with Crippen molar-refractivity contribution in [3.63, 3.8) is 0 Å². The standard InChI is InChI=1S/C15H21ClN2O2/c1-3-19-10-14-17-13(16)8-15(18-14)20-9-12-7-5-4-6-11(12)2/h4-5,8,11-12H,3,6-7,9-10H2,1-2H3. The number of hydrogen-bond acceptors (Lipinski definition) is 4. The van der Waals surface area contributed by atoms with Gasteiger partial charge in [-0.1, -0.05) is 30.7 Å². The molecule has 1 aliphatic rings. The third-order valence-corrected chi connectivity index (χ3v) is 3.71. The second-order valence-corrected chi connectivity index (χ2v) is 5.46. The highest BCUT2D eigenvalue weighted by Gasteiger charge is 2.19. The summed E-state index contributed by atoms with van der Waals surface area (Å²) in [6, 6.07) is 1.65. The Kier molecular flexibility index (Phi) is 5.80. The quantitative estimate of drug-likeness (QED) is 0.594. The van der Waals surface area contributed by atoms with Crippen LogP contribution < -0.4 is 4.74 Å². The highest BCUT2D eigenvalue weighted by molar-refractivity contribution is 6.29. The van der Waals surface area contributed by atoms with E-state index < -0.39 is 0 Å². The molecule has 0 saturated heterocycles. The molecular weight excluding hydrogens is 276 g/mol. The van der Waals surface area contributed by atoms with Crippen molar-refractivity contribution in [2.24, 2.45) is 11.8 Å². The molecule has 1 aromatic rings. The Bertz CT molecular complexity index is 465. The van der Waals surface area contributed by atoms with Crippen LogP contribution in [0.1, 0.15) is 32.5 Å². The summed E-state index contributed by atoms with van der Waals surface area (Å²) in [6.45, 7) is 5.83. The summed E-state index contributed by atoms with van der Waals surface area (Å²) in [5.41, 5.74) is 0. The van der Waals surface area contributed by atoms with E-state index in [1.165, 1.54) is 0 Å². The molecule has 4 nitrogen and oxygen atoms in total. The molecule has 110 valence electrons. The average molecular weight is 297 g/mol. The third kappa shape index (κ3) is 4.46. The lowest BCUT2D eigenvalue weighted by Crippen LogP contribution is -2.21. The van der Waals surface area contributed by atoms with E-state index in [2.05, 4.69) is 29.0 Å². The maximum absolute atomic E-state index is 5.98. The number of allylic oxidation sites excluding steroid dienone is 2. The van der Waals surface area contributed by atoms with Crippen molar-refractivity contribution in [2.45, 2.75) is 33.3 Å². The predicted molar refractivity (Wildman–Crippen MR) is 78.9 cm³/mol. The molecule has 0 saturated carbocycles. The number of nitrogens with zero attached hydrogens (tertiary/aromatic N) is 2. The Morgan fingerprint density at radius 3 is 2.85 bits per heavy atom. The second-order valence-electron chi connectivity index (χ2n) is 5.07. The first-order chi connectivity index (χ1) is 9.69. The smallest absolute Gasteiger partial charge is 0.218 e. The zero-order valence-electron chi connectivity index (χ0n) is 12.0. The SMILES string of the molecule is CCOCc1nc(Cl)cc(OCC2CC=CCC2C)n1. The van der Waals surface area contributed by atoms with Gasteiger partial charge in [0.15, 0.2) is 5.82 Å². The highest BCUT2D eigenvalue weighted by Crippen LogP contribution is 2.26. The highest BCUT2D eigenvalue weighted by atomic mass is 35.5. The van der Waals surface area contributed by atoms with E-state index >= 15 is 0 Å². The summed E-state index contributed by atoms with van der Waals surface area (Å²) in [6.07, 6.45) is 6.64. The van der Waals surface area contributed by atoms with Gasteiger partial charge in [0.1, 0.15) is 11.8 Å². The van der Waals surface area contributed by atoms with Gasteiger partial charge in [-0.2, -0.15) is 4.98 Å². The Morgan fingerprint density at radius 2 is 2.10 bits per heavy atom. The molecule has 1 heterocycles. The van der Waals surface area contributed by atoms with Gasteiger partial charge in [0.25, 0.3) is 0 Å². The van der Waals surface area contributed by atoms with Crippen LogP contribution in [0.4, 0.5) is 0 Å². The molecule has 0 aromatic carbocycles. The van der Waals surface area contributed by atoms with Gasteiger partial charge in [-0.25, -0.2) is 4.98 Å². The van der Waals surface area contributed by atoms with Gasteiger partial charge in [0.2, 0.25) is 5.88 Å². The Morgan fingerprint density at radius 1 is 1.30 bits per heavy atom. The van der Waals surface area contributed by atoms with Crippen LogP contribution in [-0.2, 0) is 11.3 Å². The number of ether oxygens (including phenoxy) is 2. The van der Waals surface area contributed by atoms with Crippen LogP contribution in [0, 0.1) is 11.8 Å². The molecule has 2 atom stereocenters. The lowest BCUT2D eigenvalue weighted by atomic mass is 9.85. The van der Waals surface area contributed by atoms with Gasteiger partial charge in [-0.15, -0.1) is 0 Å². The van der Waals surface area contributed by atoms with E-state index in [-0.39, 0.29) is 0 Å². The van der Waals surface area contributed by atoms with Crippen molar-refractivity contribution in [1.82, 2.24) is 9.97 Å². The number of aromatic nitrogens is 2. The molecule has 0 aliphatic heterocycles.